The van der Waals surface area contributed by atoms with E-state index in [4.69, 9.17) is 9.47 Å². The molecule has 2 rings (SSSR count). The van der Waals surface area contributed by atoms with Crippen molar-refractivity contribution in [2.45, 2.75) is 44.6 Å². The maximum absolute atomic E-state index is 5.74. The first-order valence-corrected chi connectivity index (χ1v) is 5.91. The molecule has 0 spiro atoms. The zero-order valence-electron chi connectivity index (χ0n) is 9.71. The zero-order valence-corrected chi connectivity index (χ0v) is 9.71. The molecule has 2 aliphatic heterocycles. The molecule has 0 aromatic rings. The third-order valence-electron chi connectivity index (χ3n) is 3.04. The molecular formula is C11H22N2O2. The van der Waals surface area contributed by atoms with Crippen LogP contribution in [0.1, 0.15) is 26.7 Å². The summed E-state index contributed by atoms with van der Waals surface area (Å²) in [5.41, 5.74) is 0. The van der Waals surface area contributed by atoms with Gasteiger partial charge < -0.3 is 20.1 Å². The van der Waals surface area contributed by atoms with Crippen molar-refractivity contribution in [1.82, 2.24) is 10.6 Å². The van der Waals surface area contributed by atoms with E-state index in [9.17, 15) is 0 Å². The van der Waals surface area contributed by atoms with E-state index < -0.39 is 0 Å². The van der Waals surface area contributed by atoms with Gasteiger partial charge >= 0.3 is 0 Å². The van der Waals surface area contributed by atoms with Gasteiger partial charge in [0, 0.05) is 12.6 Å². The highest BCUT2D eigenvalue weighted by Gasteiger charge is 2.32. The highest BCUT2D eigenvalue weighted by atomic mass is 16.7. The Kier molecular flexibility index (Phi) is 3.61. The maximum Gasteiger partial charge on any atom is 0.163 e. The lowest BCUT2D eigenvalue weighted by Gasteiger charge is -2.25. The van der Waals surface area contributed by atoms with Crippen LogP contribution in [-0.2, 0) is 9.47 Å². The summed E-state index contributed by atoms with van der Waals surface area (Å²) < 4.78 is 11.3. The van der Waals surface area contributed by atoms with Gasteiger partial charge in [0.05, 0.1) is 12.7 Å². The van der Waals surface area contributed by atoms with Gasteiger partial charge in [-0.25, -0.2) is 0 Å². The van der Waals surface area contributed by atoms with Gasteiger partial charge in [-0.05, 0) is 39.8 Å². The highest BCUT2D eigenvalue weighted by molar-refractivity contribution is 4.78. The fourth-order valence-electron chi connectivity index (χ4n) is 2.19. The van der Waals surface area contributed by atoms with Crippen LogP contribution >= 0.6 is 0 Å². The second kappa shape index (κ2) is 4.78. The van der Waals surface area contributed by atoms with E-state index in [2.05, 4.69) is 10.6 Å². The molecule has 0 aromatic heterocycles. The molecule has 2 fully saturated rings. The number of rotatable bonds is 3. The van der Waals surface area contributed by atoms with E-state index in [1.165, 1.54) is 12.8 Å². The molecule has 2 heterocycles. The van der Waals surface area contributed by atoms with Gasteiger partial charge in [-0.3, -0.25) is 0 Å². The summed E-state index contributed by atoms with van der Waals surface area (Å²) in [4.78, 5) is 0. The largest absolute Gasteiger partial charge is 0.348 e. The van der Waals surface area contributed by atoms with Crippen molar-refractivity contribution in [3.8, 4) is 0 Å². The quantitative estimate of drug-likeness (QED) is 0.717. The van der Waals surface area contributed by atoms with Gasteiger partial charge in [0.1, 0.15) is 0 Å². The second-order valence-corrected chi connectivity index (χ2v) is 4.88. The van der Waals surface area contributed by atoms with Gasteiger partial charge in [0.2, 0.25) is 0 Å². The fraction of sp³-hybridized carbons (Fsp3) is 1.00. The fourth-order valence-corrected chi connectivity index (χ4v) is 2.19. The first-order chi connectivity index (χ1) is 7.16. The van der Waals surface area contributed by atoms with Crippen molar-refractivity contribution in [3.63, 3.8) is 0 Å². The summed E-state index contributed by atoms with van der Waals surface area (Å²) in [7, 11) is 0. The lowest BCUT2D eigenvalue weighted by molar-refractivity contribution is -0.137. The van der Waals surface area contributed by atoms with Crippen molar-refractivity contribution in [2.75, 3.05) is 26.2 Å². The molecule has 2 saturated heterocycles. The van der Waals surface area contributed by atoms with Crippen molar-refractivity contribution in [3.05, 3.63) is 0 Å². The Bertz CT molecular complexity index is 203. The molecule has 1 atom stereocenters. The van der Waals surface area contributed by atoms with Crippen LogP contribution in [-0.4, -0.2) is 44.2 Å². The summed E-state index contributed by atoms with van der Waals surface area (Å²) in [6, 6.07) is 0.651. The Morgan fingerprint density at radius 3 is 2.67 bits per heavy atom. The predicted octanol–water partition coefficient (Wildman–Crippen LogP) is 0.480. The molecule has 1 unspecified atom stereocenters. The van der Waals surface area contributed by atoms with Crippen molar-refractivity contribution < 1.29 is 9.47 Å². The average Bonchev–Trinajstić information content (AvgIpc) is 2.57. The molecule has 0 aliphatic carbocycles. The molecular weight excluding hydrogens is 192 g/mol. The Labute approximate surface area is 91.7 Å². The smallest absolute Gasteiger partial charge is 0.163 e. The number of piperidine rings is 1. The molecule has 0 bridgehead atoms. The molecule has 2 aliphatic rings. The molecule has 0 amide bonds. The molecule has 4 nitrogen and oxygen atoms in total. The maximum atomic E-state index is 5.74. The van der Waals surface area contributed by atoms with Gasteiger partial charge in [0.15, 0.2) is 5.79 Å². The van der Waals surface area contributed by atoms with Crippen molar-refractivity contribution >= 4 is 0 Å². The SMILES string of the molecule is CC1(C)OCC(CNC2CCNCC2)O1. The summed E-state index contributed by atoms with van der Waals surface area (Å²) in [6.45, 7) is 7.82. The molecule has 0 saturated carbocycles. The highest BCUT2D eigenvalue weighted by Crippen LogP contribution is 2.21. The number of hydrogen-bond donors (Lipinski definition) is 2. The Balaban J connectivity index is 1.65. The van der Waals surface area contributed by atoms with Gasteiger partial charge in [-0.2, -0.15) is 0 Å². The summed E-state index contributed by atoms with van der Waals surface area (Å²) in [5.74, 6) is -0.388. The van der Waals surface area contributed by atoms with Crippen molar-refractivity contribution in [2.24, 2.45) is 0 Å². The monoisotopic (exact) mass is 214 g/mol. The summed E-state index contributed by atoms with van der Waals surface area (Å²) >= 11 is 0. The normalized spacial score (nSPS) is 32.0. The number of nitrogens with one attached hydrogen (secondary N) is 2. The van der Waals surface area contributed by atoms with Crippen LogP contribution in [0.25, 0.3) is 0 Å². The minimum atomic E-state index is -0.388. The first-order valence-electron chi connectivity index (χ1n) is 5.91. The molecule has 88 valence electrons. The van der Waals surface area contributed by atoms with Gasteiger partial charge in [0.25, 0.3) is 0 Å². The van der Waals surface area contributed by atoms with Crippen LogP contribution < -0.4 is 10.6 Å². The van der Waals surface area contributed by atoms with Gasteiger partial charge in [-0.15, -0.1) is 0 Å². The Morgan fingerprint density at radius 2 is 2.07 bits per heavy atom. The molecule has 4 heteroatoms. The predicted molar refractivity (Wildman–Crippen MR) is 58.8 cm³/mol. The topological polar surface area (TPSA) is 42.5 Å². The molecule has 2 N–H and O–H groups in total. The van der Waals surface area contributed by atoms with E-state index in [0.29, 0.717) is 12.6 Å². The van der Waals surface area contributed by atoms with Gasteiger partial charge in [-0.1, -0.05) is 0 Å². The lowest BCUT2D eigenvalue weighted by atomic mass is 10.1. The summed E-state index contributed by atoms with van der Waals surface area (Å²) in [6.07, 6.45) is 2.66. The second-order valence-electron chi connectivity index (χ2n) is 4.88. The van der Waals surface area contributed by atoms with Crippen LogP contribution in [0, 0.1) is 0 Å². The molecule has 0 aromatic carbocycles. The Hall–Kier alpha value is -0.160. The standard InChI is InChI=1S/C11H22N2O2/c1-11(2)14-8-10(15-11)7-13-9-3-5-12-6-4-9/h9-10,12-13H,3-8H2,1-2H3. The molecule has 15 heavy (non-hydrogen) atoms. The zero-order chi connectivity index (χ0) is 10.7. The van der Waals surface area contributed by atoms with Crippen LogP contribution in [0.2, 0.25) is 0 Å². The van der Waals surface area contributed by atoms with Crippen LogP contribution in [0.5, 0.6) is 0 Å². The average molecular weight is 214 g/mol. The van der Waals surface area contributed by atoms with E-state index >= 15 is 0 Å². The van der Waals surface area contributed by atoms with Crippen LogP contribution in [0.15, 0.2) is 0 Å². The van der Waals surface area contributed by atoms with Crippen molar-refractivity contribution in [1.29, 1.82) is 0 Å². The third kappa shape index (κ3) is 3.41. The number of ether oxygens (including phenoxy) is 2. The summed E-state index contributed by atoms with van der Waals surface area (Å²) in [5, 5.41) is 6.92. The van der Waals surface area contributed by atoms with E-state index in [1.807, 2.05) is 13.8 Å². The minimum Gasteiger partial charge on any atom is -0.348 e. The van der Waals surface area contributed by atoms with E-state index in [0.717, 1.165) is 19.6 Å². The van der Waals surface area contributed by atoms with Crippen LogP contribution in [0.3, 0.4) is 0 Å². The molecule has 0 radical (unpaired) electrons. The van der Waals surface area contributed by atoms with E-state index in [1.54, 1.807) is 0 Å². The van der Waals surface area contributed by atoms with E-state index in [-0.39, 0.29) is 11.9 Å². The first kappa shape index (κ1) is 11.3. The third-order valence-corrected chi connectivity index (χ3v) is 3.04. The number of hydrogen-bond acceptors (Lipinski definition) is 4. The minimum absolute atomic E-state index is 0.217. The lowest BCUT2D eigenvalue weighted by Crippen LogP contribution is -2.43. The Morgan fingerprint density at radius 1 is 1.33 bits per heavy atom. The van der Waals surface area contributed by atoms with Crippen LogP contribution in [0.4, 0.5) is 0 Å².